The highest BCUT2D eigenvalue weighted by Gasteiger charge is 2.10. The lowest BCUT2D eigenvalue weighted by atomic mass is 10.2. The summed E-state index contributed by atoms with van der Waals surface area (Å²) in [5.74, 6) is 1.06. The molecular formula is C13H22N4O. The van der Waals surface area contributed by atoms with Crippen LogP contribution in [-0.2, 0) is 0 Å². The van der Waals surface area contributed by atoms with Crippen molar-refractivity contribution in [2.45, 2.75) is 40.2 Å². The van der Waals surface area contributed by atoms with Crippen LogP contribution in [0.15, 0.2) is 12.4 Å². The number of amides is 1. The number of rotatable bonds is 6. The summed E-state index contributed by atoms with van der Waals surface area (Å²) >= 11 is 0. The molecule has 100 valence electrons. The molecule has 1 unspecified atom stereocenters. The Hall–Kier alpha value is -1.65. The first-order valence-electron chi connectivity index (χ1n) is 6.39. The Labute approximate surface area is 108 Å². The Bertz CT molecular complexity index is 392. The van der Waals surface area contributed by atoms with Crippen molar-refractivity contribution in [1.29, 1.82) is 0 Å². The van der Waals surface area contributed by atoms with Crippen molar-refractivity contribution in [3.05, 3.63) is 18.1 Å². The molecule has 0 radical (unpaired) electrons. The molecule has 2 N–H and O–H groups in total. The zero-order chi connectivity index (χ0) is 13.5. The maximum absolute atomic E-state index is 11.9. The third-order valence-electron chi connectivity index (χ3n) is 2.58. The van der Waals surface area contributed by atoms with Crippen molar-refractivity contribution >= 4 is 11.7 Å². The van der Waals surface area contributed by atoms with Crippen LogP contribution in [0.1, 0.15) is 44.6 Å². The molecule has 0 aliphatic heterocycles. The third-order valence-corrected chi connectivity index (χ3v) is 2.58. The van der Waals surface area contributed by atoms with E-state index in [2.05, 4.69) is 34.4 Å². The molecule has 0 aliphatic carbocycles. The monoisotopic (exact) mass is 250 g/mol. The van der Waals surface area contributed by atoms with Crippen molar-refractivity contribution in [3.63, 3.8) is 0 Å². The Morgan fingerprint density at radius 2 is 2.06 bits per heavy atom. The normalized spacial score (nSPS) is 12.3. The molecule has 0 aliphatic rings. The predicted octanol–water partition coefficient (Wildman–Crippen LogP) is 2.07. The van der Waals surface area contributed by atoms with Crippen LogP contribution in [0, 0.1) is 5.92 Å². The summed E-state index contributed by atoms with van der Waals surface area (Å²) in [5.41, 5.74) is 0.400. The SMILES string of the molecule is CCC(C)NC(=O)c1cc(NCC(C)C)ncn1. The number of nitrogens with one attached hydrogen (secondary N) is 2. The van der Waals surface area contributed by atoms with Crippen LogP contribution in [-0.4, -0.2) is 28.5 Å². The van der Waals surface area contributed by atoms with Gasteiger partial charge in [0.2, 0.25) is 0 Å². The molecule has 0 bridgehead atoms. The molecule has 0 aromatic carbocycles. The summed E-state index contributed by atoms with van der Waals surface area (Å²) in [6.07, 6.45) is 2.31. The number of aromatic nitrogens is 2. The van der Waals surface area contributed by atoms with E-state index >= 15 is 0 Å². The molecule has 0 spiro atoms. The lowest BCUT2D eigenvalue weighted by molar-refractivity contribution is 0.0934. The topological polar surface area (TPSA) is 66.9 Å². The van der Waals surface area contributed by atoms with Crippen LogP contribution in [0.2, 0.25) is 0 Å². The van der Waals surface area contributed by atoms with Crippen LogP contribution in [0.5, 0.6) is 0 Å². The summed E-state index contributed by atoms with van der Waals surface area (Å²) in [6.45, 7) is 9.05. The molecule has 0 fully saturated rings. The fourth-order valence-electron chi connectivity index (χ4n) is 1.29. The van der Waals surface area contributed by atoms with E-state index in [1.54, 1.807) is 6.07 Å². The number of carbonyl (C=O) groups excluding carboxylic acids is 1. The van der Waals surface area contributed by atoms with Crippen molar-refractivity contribution < 1.29 is 4.79 Å². The molecule has 18 heavy (non-hydrogen) atoms. The number of hydrogen-bond donors (Lipinski definition) is 2. The van der Waals surface area contributed by atoms with Gasteiger partial charge < -0.3 is 10.6 Å². The quantitative estimate of drug-likeness (QED) is 0.811. The second kappa shape index (κ2) is 6.93. The van der Waals surface area contributed by atoms with Crippen LogP contribution in [0.25, 0.3) is 0 Å². The Balaban J connectivity index is 2.66. The lowest BCUT2D eigenvalue weighted by Crippen LogP contribution is -2.32. The van der Waals surface area contributed by atoms with Crippen molar-refractivity contribution in [2.75, 3.05) is 11.9 Å². The van der Waals surface area contributed by atoms with E-state index in [0.717, 1.165) is 13.0 Å². The van der Waals surface area contributed by atoms with Crippen LogP contribution >= 0.6 is 0 Å². The second-order valence-electron chi connectivity index (χ2n) is 4.85. The van der Waals surface area contributed by atoms with Gasteiger partial charge in [0.05, 0.1) is 0 Å². The molecule has 1 rings (SSSR count). The van der Waals surface area contributed by atoms with E-state index < -0.39 is 0 Å². The maximum Gasteiger partial charge on any atom is 0.270 e. The van der Waals surface area contributed by atoms with Crippen molar-refractivity contribution in [1.82, 2.24) is 15.3 Å². The Morgan fingerprint density at radius 3 is 2.67 bits per heavy atom. The van der Waals surface area contributed by atoms with Gasteiger partial charge in [-0.2, -0.15) is 0 Å². The summed E-state index contributed by atoms with van der Waals surface area (Å²) in [4.78, 5) is 20.0. The average Bonchev–Trinajstić information content (AvgIpc) is 2.36. The minimum Gasteiger partial charge on any atom is -0.370 e. The van der Waals surface area contributed by atoms with E-state index in [4.69, 9.17) is 0 Å². The number of carbonyl (C=O) groups is 1. The van der Waals surface area contributed by atoms with Crippen LogP contribution in [0.4, 0.5) is 5.82 Å². The molecule has 1 heterocycles. The van der Waals surface area contributed by atoms with E-state index in [1.807, 2.05) is 13.8 Å². The Kier molecular flexibility index (Phi) is 5.55. The van der Waals surface area contributed by atoms with Gasteiger partial charge in [-0.15, -0.1) is 0 Å². The van der Waals surface area contributed by atoms with Gasteiger partial charge in [0, 0.05) is 18.7 Å². The summed E-state index contributed by atoms with van der Waals surface area (Å²) in [6, 6.07) is 1.83. The number of hydrogen-bond acceptors (Lipinski definition) is 4. The second-order valence-corrected chi connectivity index (χ2v) is 4.85. The van der Waals surface area contributed by atoms with Gasteiger partial charge in [0.15, 0.2) is 0 Å². The van der Waals surface area contributed by atoms with Gasteiger partial charge in [-0.3, -0.25) is 4.79 Å². The van der Waals surface area contributed by atoms with Crippen molar-refractivity contribution in [2.24, 2.45) is 5.92 Å². The molecule has 0 saturated heterocycles. The molecule has 5 heteroatoms. The molecule has 1 aromatic heterocycles. The zero-order valence-corrected chi connectivity index (χ0v) is 11.5. The van der Waals surface area contributed by atoms with E-state index in [-0.39, 0.29) is 11.9 Å². The Morgan fingerprint density at radius 1 is 1.33 bits per heavy atom. The van der Waals surface area contributed by atoms with E-state index in [1.165, 1.54) is 6.33 Å². The zero-order valence-electron chi connectivity index (χ0n) is 11.5. The highest BCUT2D eigenvalue weighted by Crippen LogP contribution is 2.05. The first-order chi connectivity index (χ1) is 8.52. The smallest absolute Gasteiger partial charge is 0.270 e. The minimum absolute atomic E-state index is 0.152. The van der Waals surface area contributed by atoms with Gasteiger partial charge in [-0.05, 0) is 19.3 Å². The summed E-state index contributed by atoms with van der Waals surface area (Å²) in [5, 5.41) is 6.06. The van der Waals surface area contributed by atoms with E-state index in [0.29, 0.717) is 17.4 Å². The largest absolute Gasteiger partial charge is 0.370 e. The fraction of sp³-hybridized carbons (Fsp3) is 0.615. The van der Waals surface area contributed by atoms with Gasteiger partial charge in [-0.1, -0.05) is 20.8 Å². The molecule has 0 saturated carbocycles. The van der Waals surface area contributed by atoms with E-state index in [9.17, 15) is 4.79 Å². The highest BCUT2D eigenvalue weighted by atomic mass is 16.1. The molecule has 1 amide bonds. The standard InChI is InChI=1S/C13H22N4O/c1-5-10(4)17-13(18)11-6-12(16-8-15-11)14-7-9(2)3/h6,8-10H,5,7H2,1-4H3,(H,17,18)(H,14,15,16). The van der Waals surface area contributed by atoms with Gasteiger partial charge in [0.1, 0.15) is 17.8 Å². The van der Waals surface area contributed by atoms with Crippen molar-refractivity contribution in [3.8, 4) is 0 Å². The highest BCUT2D eigenvalue weighted by molar-refractivity contribution is 5.93. The average molecular weight is 250 g/mol. The van der Waals surface area contributed by atoms with Crippen LogP contribution in [0.3, 0.4) is 0 Å². The predicted molar refractivity (Wildman–Crippen MR) is 72.6 cm³/mol. The molecule has 5 nitrogen and oxygen atoms in total. The number of anilines is 1. The lowest BCUT2D eigenvalue weighted by Gasteiger charge is -2.12. The summed E-state index contributed by atoms with van der Waals surface area (Å²) < 4.78 is 0. The summed E-state index contributed by atoms with van der Waals surface area (Å²) in [7, 11) is 0. The maximum atomic E-state index is 11.9. The van der Waals surface area contributed by atoms with Crippen LogP contribution < -0.4 is 10.6 Å². The fourth-order valence-corrected chi connectivity index (χ4v) is 1.29. The molecule has 1 aromatic rings. The first kappa shape index (κ1) is 14.4. The number of nitrogens with zero attached hydrogens (tertiary/aromatic N) is 2. The van der Waals surface area contributed by atoms with Gasteiger partial charge >= 0.3 is 0 Å². The van der Waals surface area contributed by atoms with Gasteiger partial charge in [-0.25, -0.2) is 9.97 Å². The molecular weight excluding hydrogens is 228 g/mol. The van der Waals surface area contributed by atoms with Gasteiger partial charge in [0.25, 0.3) is 5.91 Å². The first-order valence-corrected chi connectivity index (χ1v) is 6.39. The third kappa shape index (κ3) is 4.69. The minimum atomic E-state index is -0.153. The molecule has 1 atom stereocenters.